The molecule has 1 fully saturated rings. The second kappa shape index (κ2) is 7.71. The number of primary sulfonamides is 1. The standard InChI is InChI=1S/C17H26N4O4S/c1-4-17(2,3)12-5-7-13(8-6-12)19-20-15-10-9-14(26(18,24)25)11-16(15)21(22)23/h9-12,20H,4-8H2,1-3H3,(H2,18,24,25). The quantitative estimate of drug-likeness (QED) is 0.573. The van der Waals surface area contributed by atoms with Crippen molar-refractivity contribution in [1.29, 1.82) is 0 Å². The van der Waals surface area contributed by atoms with Crippen LogP contribution in [0.15, 0.2) is 28.2 Å². The average Bonchev–Trinajstić information content (AvgIpc) is 2.59. The van der Waals surface area contributed by atoms with Gasteiger partial charge in [-0.25, -0.2) is 13.6 Å². The number of nitrogens with zero attached hydrogens (tertiary/aromatic N) is 2. The molecule has 26 heavy (non-hydrogen) atoms. The zero-order chi connectivity index (χ0) is 19.5. The molecule has 8 nitrogen and oxygen atoms in total. The van der Waals surface area contributed by atoms with E-state index in [0.29, 0.717) is 11.3 Å². The van der Waals surface area contributed by atoms with Gasteiger partial charge in [0, 0.05) is 11.8 Å². The molecule has 0 unspecified atom stereocenters. The van der Waals surface area contributed by atoms with Gasteiger partial charge in [-0.15, -0.1) is 0 Å². The van der Waals surface area contributed by atoms with E-state index >= 15 is 0 Å². The average molecular weight is 382 g/mol. The Bertz CT molecular complexity index is 808. The lowest BCUT2D eigenvalue weighted by atomic mass is 9.69. The molecule has 1 aromatic carbocycles. The zero-order valence-corrected chi connectivity index (χ0v) is 16.2. The van der Waals surface area contributed by atoms with Gasteiger partial charge in [0.1, 0.15) is 5.69 Å². The highest BCUT2D eigenvalue weighted by Crippen LogP contribution is 2.39. The SMILES string of the molecule is CCC(C)(C)C1CCC(=NNc2ccc(S(N)(=O)=O)cc2[N+](=O)[O-])CC1. The van der Waals surface area contributed by atoms with Crippen molar-refractivity contribution in [2.45, 2.75) is 57.8 Å². The van der Waals surface area contributed by atoms with Crippen molar-refractivity contribution in [1.82, 2.24) is 0 Å². The Balaban J connectivity index is 2.12. The van der Waals surface area contributed by atoms with Crippen LogP contribution in [0.1, 0.15) is 52.9 Å². The van der Waals surface area contributed by atoms with Crippen LogP contribution >= 0.6 is 0 Å². The highest BCUT2D eigenvalue weighted by Gasteiger charge is 2.30. The molecule has 0 radical (unpaired) electrons. The summed E-state index contributed by atoms with van der Waals surface area (Å²) in [6.07, 6.45) is 4.93. The van der Waals surface area contributed by atoms with Crippen LogP contribution < -0.4 is 10.6 Å². The molecule has 0 bridgehead atoms. The van der Waals surface area contributed by atoms with E-state index in [0.717, 1.165) is 43.9 Å². The summed E-state index contributed by atoms with van der Waals surface area (Å²) in [7, 11) is -4.00. The molecule has 2 rings (SSSR count). The molecule has 1 aromatic rings. The van der Waals surface area contributed by atoms with Gasteiger partial charge in [-0.3, -0.25) is 15.5 Å². The van der Waals surface area contributed by atoms with Crippen molar-refractivity contribution < 1.29 is 13.3 Å². The van der Waals surface area contributed by atoms with Gasteiger partial charge in [-0.05, 0) is 49.1 Å². The van der Waals surface area contributed by atoms with Crippen LogP contribution in [-0.4, -0.2) is 19.1 Å². The Morgan fingerprint density at radius 3 is 2.46 bits per heavy atom. The number of hydrogen-bond donors (Lipinski definition) is 2. The van der Waals surface area contributed by atoms with Crippen molar-refractivity contribution >= 4 is 27.1 Å². The number of benzene rings is 1. The number of nitrogens with one attached hydrogen (secondary N) is 1. The molecule has 0 saturated heterocycles. The van der Waals surface area contributed by atoms with Crippen LogP contribution in [0.4, 0.5) is 11.4 Å². The number of hydrazone groups is 1. The smallest absolute Gasteiger partial charge is 0.272 e. The van der Waals surface area contributed by atoms with Crippen LogP contribution in [0.2, 0.25) is 0 Å². The lowest BCUT2D eigenvalue weighted by Gasteiger charge is -2.36. The zero-order valence-electron chi connectivity index (χ0n) is 15.4. The highest BCUT2D eigenvalue weighted by molar-refractivity contribution is 7.89. The molecule has 144 valence electrons. The molecular weight excluding hydrogens is 356 g/mol. The topological polar surface area (TPSA) is 128 Å². The van der Waals surface area contributed by atoms with Gasteiger partial charge in [0.25, 0.3) is 5.69 Å². The maximum atomic E-state index is 11.4. The van der Waals surface area contributed by atoms with E-state index in [9.17, 15) is 18.5 Å². The van der Waals surface area contributed by atoms with Gasteiger partial charge in [-0.1, -0.05) is 27.2 Å². The van der Waals surface area contributed by atoms with Crippen LogP contribution in [0.5, 0.6) is 0 Å². The summed E-state index contributed by atoms with van der Waals surface area (Å²) >= 11 is 0. The van der Waals surface area contributed by atoms with Gasteiger partial charge in [-0.2, -0.15) is 5.10 Å². The highest BCUT2D eigenvalue weighted by atomic mass is 32.2. The van der Waals surface area contributed by atoms with E-state index in [1.165, 1.54) is 12.1 Å². The predicted octanol–water partition coefficient (Wildman–Crippen LogP) is 3.64. The first-order chi connectivity index (χ1) is 12.0. The third-order valence-electron chi connectivity index (χ3n) is 5.41. The first kappa shape index (κ1) is 20.3. The molecular formula is C17H26N4O4S. The van der Waals surface area contributed by atoms with Gasteiger partial charge in [0.15, 0.2) is 0 Å². The van der Waals surface area contributed by atoms with E-state index in [-0.39, 0.29) is 16.3 Å². The van der Waals surface area contributed by atoms with E-state index in [4.69, 9.17) is 5.14 Å². The maximum absolute atomic E-state index is 11.4. The molecule has 3 N–H and O–H groups in total. The molecule has 1 aliphatic carbocycles. The maximum Gasteiger partial charge on any atom is 0.295 e. The predicted molar refractivity (Wildman–Crippen MR) is 102 cm³/mol. The molecule has 0 aromatic heterocycles. The van der Waals surface area contributed by atoms with E-state index in [1.54, 1.807) is 0 Å². The van der Waals surface area contributed by atoms with E-state index < -0.39 is 14.9 Å². The number of sulfonamides is 1. The summed E-state index contributed by atoms with van der Waals surface area (Å²) in [5.74, 6) is 0.648. The third-order valence-corrected chi connectivity index (χ3v) is 6.32. The molecule has 0 aliphatic heterocycles. The van der Waals surface area contributed by atoms with Crippen molar-refractivity contribution in [3.8, 4) is 0 Å². The number of anilines is 1. The number of hydrogen-bond acceptors (Lipinski definition) is 6. The van der Waals surface area contributed by atoms with E-state index in [1.807, 2.05) is 0 Å². The lowest BCUT2D eigenvalue weighted by molar-refractivity contribution is -0.384. The summed E-state index contributed by atoms with van der Waals surface area (Å²) < 4.78 is 22.7. The van der Waals surface area contributed by atoms with E-state index in [2.05, 4.69) is 31.3 Å². The minimum atomic E-state index is -4.00. The first-order valence-corrected chi connectivity index (χ1v) is 10.2. The second-order valence-corrected chi connectivity index (χ2v) is 8.95. The molecule has 1 saturated carbocycles. The Labute approximate surface area is 154 Å². The fourth-order valence-corrected chi connectivity index (χ4v) is 3.74. The number of rotatable bonds is 6. The largest absolute Gasteiger partial charge is 0.295 e. The summed E-state index contributed by atoms with van der Waals surface area (Å²) in [6.45, 7) is 6.78. The van der Waals surface area contributed by atoms with Crippen molar-refractivity contribution in [3.63, 3.8) is 0 Å². The van der Waals surface area contributed by atoms with Gasteiger partial charge < -0.3 is 0 Å². The van der Waals surface area contributed by atoms with Gasteiger partial charge in [0.05, 0.1) is 9.82 Å². The first-order valence-electron chi connectivity index (χ1n) is 8.67. The summed E-state index contributed by atoms with van der Waals surface area (Å²) in [5.41, 5.74) is 3.77. The molecule has 0 atom stereocenters. The Kier molecular flexibility index (Phi) is 6.02. The van der Waals surface area contributed by atoms with Gasteiger partial charge >= 0.3 is 0 Å². The van der Waals surface area contributed by atoms with Gasteiger partial charge in [0.2, 0.25) is 10.0 Å². The van der Waals surface area contributed by atoms with Crippen molar-refractivity contribution in [3.05, 3.63) is 28.3 Å². The van der Waals surface area contributed by atoms with Crippen LogP contribution in [0.25, 0.3) is 0 Å². The number of nitrogens with two attached hydrogens (primary N) is 1. The molecule has 9 heteroatoms. The normalized spacial score (nSPS) is 18.5. The minimum Gasteiger partial charge on any atom is -0.272 e. The van der Waals surface area contributed by atoms with Crippen molar-refractivity contribution in [2.24, 2.45) is 21.6 Å². The van der Waals surface area contributed by atoms with Crippen LogP contribution in [0, 0.1) is 21.4 Å². The Hall–Kier alpha value is -2.00. The summed E-state index contributed by atoms with van der Waals surface area (Å²) in [4.78, 5) is 10.3. The molecule has 0 spiro atoms. The summed E-state index contributed by atoms with van der Waals surface area (Å²) in [6, 6.07) is 3.48. The fourth-order valence-electron chi connectivity index (χ4n) is 3.21. The molecule has 0 heterocycles. The number of nitro groups is 1. The Morgan fingerprint density at radius 1 is 1.35 bits per heavy atom. The second-order valence-electron chi connectivity index (χ2n) is 7.39. The number of nitro benzene ring substituents is 1. The van der Waals surface area contributed by atoms with Crippen LogP contribution in [-0.2, 0) is 10.0 Å². The molecule has 0 amide bonds. The minimum absolute atomic E-state index is 0.144. The molecule has 1 aliphatic rings. The van der Waals surface area contributed by atoms with Crippen LogP contribution in [0.3, 0.4) is 0 Å². The monoisotopic (exact) mass is 382 g/mol. The fraction of sp³-hybridized carbons (Fsp3) is 0.588. The lowest BCUT2D eigenvalue weighted by Crippen LogP contribution is -2.28. The third kappa shape index (κ3) is 4.79. The Morgan fingerprint density at radius 2 is 1.96 bits per heavy atom. The van der Waals surface area contributed by atoms with Crippen molar-refractivity contribution in [2.75, 3.05) is 5.43 Å². The summed E-state index contributed by atoms with van der Waals surface area (Å²) in [5, 5.41) is 20.6.